The third-order valence-corrected chi connectivity index (χ3v) is 8.76. The monoisotopic (exact) mass is 332 g/mol. The number of allylic oxidation sites excluding steroid dienone is 3. The Bertz CT molecular complexity index is 563. The second kappa shape index (κ2) is 7.50. The largest absolute Gasteiger partial charge is 0.543 e. The van der Waals surface area contributed by atoms with E-state index in [1.165, 1.54) is 0 Å². The summed E-state index contributed by atoms with van der Waals surface area (Å²) in [6, 6.07) is 8.10. The Labute approximate surface area is 143 Å². The lowest BCUT2D eigenvalue weighted by molar-refractivity contribution is 0.112. The lowest BCUT2D eigenvalue weighted by Gasteiger charge is -2.36. The van der Waals surface area contributed by atoms with Gasteiger partial charge in [-0.25, -0.2) is 0 Å². The summed E-state index contributed by atoms with van der Waals surface area (Å²) in [5.41, 5.74) is 0.214. The molecule has 0 fully saturated rings. The molecule has 1 aromatic carbocycles. The van der Waals surface area contributed by atoms with Crippen LogP contribution in [-0.4, -0.2) is 19.0 Å². The van der Waals surface area contributed by atoms with Crippen molar-refractivity contribution in [3.63, 3.8) is 0 Å². The number of benzene rings is 1. The molecule has 0 aliphatic rings. The van der Waals surface area contributed by atoms with Gasteiger partial charge in [0.05, 0.1) is 5.60 Å². The highest BCUT2D eigenvalue weighted by Crippen LogP contribution is 2.37. The summed E-state index contributed by atoms with van der Waals surface area (Å²) in [5, 5.41) is 10.7. The molecular weight excluding hydrogens is 300 g/mol. The molecule has 1 atom stereocenters. The van der Waals surface area contributed by atoms with Gasteiger partial charge in [-0.15, -0.1) is 0 Å². The van der Waals surface area contributed by atoms with Crippen LogP contribution in [0.2, 0.25) is 18.1 Å². The highest BCUT2D eigenvalue weighted by molar-refractivity contribution is 6.74. The number of rotatable bonds is 6. The van der Waals surface area contributed by atoms with Gasteiger partial charge in [-0.05, 0) is 49.7 Å². The first-order valence-electron chi connectivity index (χ1n) is 8.28. The van der Waals surface area contributed by atoms with Gasteiger partial charge in [-0.2, -0.15) is 0 Å². The average molecular weight is 333 g/mol. The van der Waals surface area contributed by atoms with E-state index in [0.717, 1.165) is 11.3 Å². The molecule has 0 aliphatic heterocycles. The van der Waals surface area contributed by atoms with Crippen molar-refractivity contribution in [3.05, 3.63) is 54.1 Å². The minimum Gasteiger partial charge on any atom is -0.543 e. The summed E-state index contributed by atoms with van der Waals surface area (Å²) in [6.45, 7) is 15.0. The average Bonchev–Trinajstić information content (AvgIpc) is 2.36. The molecule has 3 heteroatoms. The van der Waals surface area contributed by atoms with Crippen molar-refractivity contribution < 1.29 is 9.53 Å². The fraction of sp³-hybridized carbons (Fsp3) is 0.500. The van der Waals surface area contributed by atoms with Crippen LogP contribution in [0, 0.1) is 0 Å². The van der Waals surface area contributed by atoms with Crippen LogP contribution in [0.5, 0.6) is 5.75 Å². The molecule has 1 N–H and O–H groups in total. The molecule has 0 radical (unpaired) electrons. The van der Waals surface area contributed by atoms with Crippen LogP contribution in [0.3, 0.4) is 0 Å². The topological polar surface area (TPSA) is 29.5 Å². The van der Waals surface area contributed by atoms with Gasteiger partial charge in [0.1, 0.15) is 5.75 Å². The molecule has 0 aliphatic carbocycles. The van der Waals surface area contributed by atoms with Gasteiger partial charge in [0.15, 0.2) is 0 Å². The third-order valence-electron chi connectivity index (χ3n) is 4.40. The maximum atomic E-state index is 10.5. The Kier molecular flexibility index (Phi) is 6.43. The second-order valence-electron chi connectivity index (χ2n) is 7.93. The molecule has 0 bridgehead atoms. The molecule has 1 unspecified atom stereocenters. The Morgan fingerprint density at radius 3 is 2.35 bits per heavy atom. The molecule has 2 nitrogen and oxygen atoms in total. The number of aliphatic hydroxyl groups is 1. The number of hydrogen-bond donors (Lipinski definition) is 1. The zero-order chi connectivity index (χ0) is 17.7. The molecule has 0 saturated carbocycles. The van der Waals surface area contributed by atoms with Gasteiger partial charge < -0.3 is 9.53 Å². The van der Waals surface area contributed by atoms with Crippen LogP contribution in [0.25, 0.3) is 0 Å². The number of hydrogen-bond acceptors (Lipinski definition) is 2. The summed E-state index contributed by atoms with van der Waals surface area (Å²) in [5.74, 6) is 0.905. The van der Waals surface area contributed by atoms with E-state index in [4.69, 9.17) is 4.43 Å². The SMILES string of the molecule is CC=CC=CC(C)(O)Cc1cccc(O[Si](C)(C)C(C)(C)C)c1. The molecule has 128 valence electrons. The fourth-order valence-corrected chi connectivity index (χ4v) is 3.04. The summed E-state index contributed by atoms with van der Waals surface area (Å²) in [4.78, 5) is 0. The highest BCUT2D eigenvalue weighted by Gasteiger charge is 2.39. The van der Waals surface area contributed by atoms with Crippen molar-refractivity contribution in [3.8, 4) is 5.75 Å². The maximum Gasteiger partial charge on any atom is 0.250 e. The van der Waals surface area contributed by atoms with Crippen molar-refractivity contribution >= 4 is 8.32 Å². The van der Waals surface area contributed by atoms with Crippen molar-refractivity contribution in [2.24, 2.45) is 0 Å². The van der Waals surface area contributed by atoms with Crippen LogP contribution < -0.4 is 4.43 Å². The molecule has 0 spiro atoms. The highest BCUT2D eigenvalue weighted by atomic mass is 28.4. The molecule has 1 aromatic rings. The van der Waals surface area contributed by atoms with Crippen molar-refractivity contribution in [2.45, 2.75) is 64.8 Å². The van der Waals surface area contributed by atoms with Crippen LogP contribution >= 0.6 is 0 Å². The van der Waals surface area contributed by atoms with E-state index in [0.29, 0.717) is 6.42 Å². The predicted molar refractivity (Wildman–Crippen MR) is 103 cm³/mol. The van der Waals surface area contributed by atoms with Gasteiger partial charge in [-0.1, -0.05) is 57.2 Å². The van der Waals surface area contributed by atoms with Crippen LogP contribution in [0.1, 0.15) is 40.2 Å². The predicted octanol–water partition coefficient (Wildman–Crippen LogP) is 5.50. The summed E-state index contributed by atoms with van der Waals surface area (Å²) < 4.78 is 6.35. The molecule has 1 rings (SSSR count). The first-order chi connectivity index (χ1) is 10.5. The van der Waals surface area contributed by atoms with E-state index in [-0.39, 0.29) is 5.04 Å². The van der Waals surface area contributed by atoms with E-state index in [9.17, 15) is 5.11 Å². The van der Waals surface area contributed by atoms with E-state index >= 15 is 0 Å². The van der Waals surface area contributed by atoms with Crippen LogP contribution in [0.15, 0.2) is 48.6 Å². The standard InChI is InChI=1S/C20H32O2Si/c1-8-9-10-14-20(5,21)16-17-12-11-13-18(15-17)22-23(6,7)19(2,3)4/h8-15,21H,16H2,1-7H3. The normalized spacial score (nSPS) is 16.0. The summed E-state index contributed by atoms with van der Waals surface area (Å²) in [6.07, 6.45) is 8.14. The summed E-state index contributed by atoms with van der Waals surface area (Å²) in [7, 11) is -1.84. The van der Waals surface area contributed by atoms with E-state index in [1.54, 1.807) is 0 Å². The summed E-state index contributed by atoms with van der Waals surface area (Å²) >= 11 is 0. The van der Waals surface area contributed by atoms with Crippen molar-refractivity contribution in [1.29, 1.82) is 0 Å². The van der Waals surface area contributed by atoms with Gasteiger partial charge in [-0.3, -0.25) is 0 Å². The Hall–Kier alpha value is -1.32. The van der Waals surface area contributed by atoms with Gasteiger partial charge in [0.25, 0.3) is 0 Å². The molecule has 0 aromatic heterocycles. The molecular formula is C20H32O2Si. The fourth-order valence-electron chi connectivity index (χ4n) is 2.01. The molecule has 0 saturated heterocycles. The zero-order valence-electron chi connectivity index (χ0n) is 15.7. The quantitative estimate of drug-likeness (QED) is 0.551. The Balaban J connectivity index is 2.89. The van der Waals surface area contributed by atoms with Gasteiger partial charge >= 0.3 is 0 Å². The Morgan fingerprint density at radius 2 is 1.78 bits per heavy atom. The maximum absolute atomic E-state index is 10.5. The van der Waals surface area contributed by atoms with E-state index < -0.39 is 13.9 Å². The van der Waals surface area contributed by atoms with Gasteiger partial charge in [0.2, 0.25) is 8.32 Å². The molecule has 0 heterocycles. The van der Waals surface area contributed by atoms with E-state index in [2.05, 4.69) is 39.9 Å². The van der Waals surface area contributed by atoms with Crippen LogP contribution in [-0.2, 0) is 6.42 Å². The Morgan fingerprint density at radius 1 is 1.13 bits per heavy atom. The minimum atomic E-state index is -1.84. The molecule has 0 amide bonds. The molecule has 23 heavy (non-hydrogen) atoms. The smallest absolute Gasteiger partial charge is 0.250 e. The second-order valence-corrected chi connectivity index (χ2v) is 12.7. The minimum absolute atomic E-state index is 0.170. The van der Waals surface area contributed by atoms with E-state index in [1.807, 2.05) is 56.4 Å². The lowest BCUT2D eigenvalue weighted by atomic mass is 9.96. The van der Waals surface area contributed by atoms with Gasteiger partial charge in [0, 0.05) is 6.42 Å². The first-order valence-corrected chi connectivity index (χ1v) is 11.2. The first kappa shape index (κ1) is 19.7. The van der Waals surface area contributed by atoms with Crippen LogP contribution in [0.4, 0.5) is 0 Å². The van der Waals surface area contributed by atoms with Crippen molar-refractivity contribution in [2.75, 3.05) is 0 Å². The van der Waals surface area contributed by atoms with Crippen molar-refractivity contribution in [1.82, 2.24) is 0 Å². The third kappa shape index (κ3) is 6.36. The zero-order valence-corrected chi connectivity index (χ0v) is 16.7. The lowest BCUT2D eigenvalue weighted by Crippen LogP contribution is -2.43.